The number of rotatable bonds is 6. The predicted octanol–water partition coefficient (Wildman–Crippen LogP) is 2.88. The number of carboxylic acids is 1. The molecule has 0 aromatic heterocycles. The van der Waals surface area contributed by atoms with E-state index in [0.29, 0.717) is 16.7 Å². The maximum atomic E-state index is 12.8. The fourth-order valence-electron chi connectivity index (χ4n) is 3.65. The van der Waals surface area contributed by atoms with Gasteiger partial charge in [0, 0.05) is 19.0 Å². The molecule has 2 aromatic carbocycles. The summed E-state index contributed by atoms with van der Waals surface area (Å²) in [7, 11) is 0. The molecule has 174 valence electrons. The number of aliphatic carboxylic acids is 1. The number of carbonyl (C=O) groups excluding carboxylic acids is 3. The molecule has 0 spiro atoms. The normalized spacial score (nSPS) is 18.8. The lowest BCUT2D eigenvalue weighted by Gasteiger charge is -2.36. The lowest BCUT2D eigenvalue weighted by atomic mass is 9.89. The van der Waals surface area contributed by atoms with E-state index in [1.165, 1.54) is 17.0 Å². The monoisotopic (exact) mass is 462 g/mol. The number of hydrogen-bond donors (Lipinski definition) is 2. The topological polar surface area (TPSA) is 104 Å². The summed E-state index contributed by atoms with van der Waals surface area (Å²) >= 11 is 0. The highest BCUT2D eigenvalue weighted by Gasteiger charge is 2.43. The number of likely N-dealkylation sites (tertiary alicyclic amines) is 1. The van der Waals surface area contributed by atoms with Crippen LogP contribution in [0.25, 0.3) is 11.1 Å². The third-order valence-electron chi connectivity index (χ3n) is 5.41. The molecule has 1 fully saturated rings. The van der Waals surface area contributed by atoms with Crippen molar-refractivity contribution in [3.63, 3.8) is 0 Å². The molecular formula is C23H21F3N2O5. The summed E-state index contributed by atoms with van der Waals surface area (Å²) < 4.78 is 38.2. The molecule has 1 heterocycles. The van der Waals surface area contributed by atoms with Gasteiger partial charge in [0.2, 0.25) is 11.8 Å². The second-order valence-electron chi connectivity index (χ2n) is 7.80. The van der Waals surface area contributed by atoms with E-state index in [1.54, 1.807) is 31.2 Å². The predicted molar refractivity (Wildman–Crippen MR) is 111 cm³/mol. The Morgan fingerprint density at radius 2 is 1.58 bits per heavy atom. The molecular weight excluding hydrogens is 441 g/mol. The van der Waals surface area contributed by atoms with Crippen molar-refractivity contribution in [2.75, 3.05) is 6.54 Å². The molecule has 33 heavy (non-hydrogen) atoms. The van der Waals surface area contributed by atoms with Gasteiger partial charge in [0.25, 0.3) is 0 Å². The molecule has 2 aromatic rings. The van der Waals surface area contributed by atoms with Crippen LogP contribution in [0.4, 0.5) is 13.2 Å². The van der Waals surface area contributed by atoms with Gasteiger partial charge in [0.1, 0.15) is 6.54 Å². The first-order chi connectivity index (χ1) is 15.5. The lowest BCUT2D eigenvalue weighted by molar-refractivity contribution is -0.155. The van der Waals surface area contributed by atoms with E-state index in [4.69, 9.17) is 5.11 Å². The zero-order chi connectivity index (χ0) is 24.3. The maximum Gasteiger partial charge on any atom is 0.416 e. The van der Waals surface area contributed by atoms with E-state index in [9.17, 15) is 32.3 Å². The van der Waals surface area contributed by atoms with Crippen LogP contribution >= 0.6 is 0 Å². The zero-order valence-corrected chi connectivity index (χ0v) is 17.6. The number of hydrogen-bond acceptors (Lipinski definition) is 4. The number of amides is 2. The third-order valence-corrected chi connectivity index (χ3v) is 5.41. The molecule has 1 aliphatic rings. The molecule has 10 heteroatoms. The van der Waals surface area contributed by atoms with Crippen molar-refractivity contribution in [2.24, 2.45) is 5.92 Å². The molecule has 2 amide bonds. The van der Waals surface area contributed by atoms with E-state index in [1.807, 2.05) is 0 Å². The van der Waals surface area contributed by atoms with Crippen LogP contribution in [0.15, 0.2) is 48.5 Å². The number of benzene rings is 2. The van der Waals surface area contributed by atoms with Crippen LogP contribution in [0, 0.1) is 5.92 Å². The van der Waals surface area contributed by atoms with E-state index in [0.717, 1.165) is 12.1 Å². The summed E-state index contributed by atoms with van der Waals surface area (Å²) in [5.74, 6) is -5.09. The average Bonchev–Trinajstić information content (AvgIpc) is 2.75. The van der Waals surface area contributed by atoms with Gasteiger partial charge in [0.15, 0.2) is 11.7 Å². The van der Waals surface area contributed by atoms with Crippen molar-refractivity contribution in [2.45, 2.75) is 32.1 Å². The largest absolute Gasteiger partial charge is 0.480 e. The molecule has 1 aliphatic heterocycles. The summed E-state index contributed by atoms with van der Waals surface area (Å²) in [5.41, 5.74) is 1.24. The molecule has 0 aliphatic carbocycles. The van der Waals surface area contributed by atoms with Crippen LogP contribution < -0.4 is 5.32 Å². The minimum Gasteiger partial charge on any atom is -0.480 e. The lowest BCUT2D eigenvalue weighted by Crippen LogP contribution is -2.55. The van der Waals surface area contributed by atoms with Crippen molar-refractivity contribution in [3.05, 3.63) is 59.7 Å². The van der Waals surface area contributed by atoms with Crippen LogP contribution in [0.2, 0.25) is 0 Å². The fraction of sp³-hybridized carbons (Fsp3) is 0.304. The summed E-state index contributed by atoms with van der Waals surface area (Å²) in [5, 5.41) is 10.8. The summed E-state index contributed by atoms with van der Waals surface area (Å²) in [6.45, 7) is 1.10. The van der Waals surface area contributed by atoms with Gasteiger partial charge in [-0.1, -0.05) is 36.4 Å². The second-order valence-corrected chi connectivity index (χ2v) is 7.80. The van der Waals surface area contributed by atoms with Gasteiger partial charge in [-0.2, -0.15) is 13.2 Å². The number of piperidine rings is 1. The highest BCUT2D eigenvalue weighted by Crippen LogP contribution is 2.31. The van der Waals surface area contributed by atoms with Crippen molar-refractivity contribution in [1.29, 1.82) is 0 Å². The van der Waals surface area contributed by atoms with Gasteiger partial charge < -0.3 is 15.3 Å². The molecule has 0 bridgehead atoms. The molecule has 1 saturated heterocycles. The minimum atomic E-state index is -4.41. The number of alkyl halides is 3. The first-order valence-electron chi connectivity index (χ1n) is 10.1. The van der Waals surface area contributed by atoms with Crippen LogP contribution in [-0.2, 0) is 31.9 Å². The molecule has 2 atom stereocenters. The Kier molecular flexibility index (Phi) is 6.85. The van der Waals surface area contributed by atoms with Crippen LogP contribution in [-0.4, -0.2) is 46.2 Å². The number of nitrogens with zero attached hydrogens (tertiary/aromatic N) is 1. The van der Waals surface area contributed by atoms with Gasteiger partial charge in [-0.3, -0.25) is 19.2 Å². The molecule has 3 rings (SSSR count). The molecule has 0 radical (unpaired) electrons. The van der Waals surface area contributed by atoms with Crippen LogP contribution in [0.3, 0.4) is 0 Å². The first kappa shape index (κ1) is 24.0. The van der Waals surface area contributed by atoms with Crippen molar-refractivity contribution in [3.8, 4) is 11.1 Å². The quantitative estimate of drug-likeness (QED) is 0.643. The SMILES string of the molecule is CC1CC(=O)C(C(=O)NCC(=O)O)C(=O)N1Cc1ccc(-c2ccc(C(F)(F)F)cc2)cc1. The number of ketones is 1. The number of carbonyl (C=O) groups is 4. The molecule has 2 unspecified atom stereocenters. The van der Waals surface area contributed by atoms with Crippen molar-refractivity contribution in [1.82, 2.24) is 10.2 Å². The van der Waals surface area contributed by atoms with Gasteiger partial charge >= 0.3 is 12.1 Å². The van der Waals surface area contributed by atoms with Crippen molar-refractivity contribution < 1.29 is 37.5 Å². The number of halogens is 3. The fourth-order valence-corrected chi connectivity index (χ4v) is 3.65. The van der Waals surface area contributed by atoms with E-state index in [-0.39, 0.29) is 13.0 Å². The van der Waals surface area contributed by atoms with Gasteiger partial charge in [0.05, 0.1) is 5.56 Å². The van der Waals surface area contributed by atoms with Gasteiger partial charge in [-0.15, -0.1) is 0 Å². The van der Waals surface area contributed by atoms with Crippen LogP contribution in [0.1, 0.15) is 24.5 Å². The first-order valence-corrected chi connectivity index (χ1v) is 10.1. The van der Waals surface area contributed by atoms with Gasteiger partial charge in [-0.05, 0) is 35.7 Å². The number of nitrogens with one attached hydrogen (secondary N) is 1. The zero-order valence-electron chi connectivity index (χ0n) is 17.6. The molecule has 0 saturated carbocycles. The Hall–Kier alpha value is -3.69. The smallest absolute Gasteiger partial charge is 0.416 e. The standard InChI is InChI=1S/C23H21F3N2O5/c1-13-10-18(29)20(21(32)27-11-19(30)31)22(33)28(13)12-14-2-4-15(5-3-14)16-6-8-17(9-7-16)23(24,25)26/h2-9,13,20H,10-12H2,1H3,(H,27,32)(H,30,31). The summed E-state index contributed by atoms with van der Waals surface area (Å²) in [4.78, 5) is 49.3. The Bertz CT molecular complexity index is 1060. The Morgan fingerprint density at radius 3 is 2.09 bits per heavy atom. The Labute approximate surface area is 187 Å². The van der Waals surface area contributed by atoms with E-state index < -0.39 is 53.8 Å². The summed E-state index contributed by atoms with van der Waals surface area (Å²) in [6.07, 6.45) is -4.45. The number of Topliss-reactive ketones (excluding diaryl/α,β-unsaturated/α-hetero) is 1. The highest BCUT2D eigenvalue weighted by molar-refractivity contribution is 6.19. The van der Waals surface area contributed by atoms with E-state index in [2.05, 4.69) is 5.32 Å². The number of carboxylic acid groups (broad SMARTS) is 1. The van der Waals surface area contributed by atoms with E-state index >= 15 is 0 Å². The molecule has 7 nitrogen and oxygen atoms in total. The second kappa shape index (κ2) is 9.43. The third kappa shape index (κ3) is 5.57. The van der Waals surface area contributed by atoms with Crippen LogP contribution in [0.5, 0.6) is 0 Å². The Balaban J connectivity index is 1.72. The Morgan fingerprint density at radius 1 is 1.03 bits per heavy atom. The summed E-state index contributed by atoms with van der Waals surface area (Å²) in [6, 6.07) is 11.1. The highest BCUT2D eigenvalue weighted by atomic mass is 19.4. The average molecular weight is 462 g/mol. The van der Waals surface area contributed by atoms with Crippen molar-refractivity contribution >= 4 is 23.6 Å². The molecule has 2 N–H and O–H groups in total. The van der Waals surface area contributed by atoms with Gasteiger partial charge in [-0.25, -0.2) is 0 Å². The minimum absolute atomic E-state index is 0.0411. The maximum absolute atomic E-state index is 12.8.